The Morgan fingerprint density at radius 3 is 2.60 bits per heavy atom. The van der Waals surface area contributed by atoms with E-state index in [1.807, 2.05) is 53.4 Å². The Kier molecular flexibility index (Phi) is 3.78. The number of nitrogens with zero attached hydrogens (tertiary/aromatic N) is 4. The highest BCUT2D eigenvalue weighted by Crippen LogP contribution is 2.31. The number of hydrogen-bond donors (Lipinski definition) is 0. The van der Waals surface area contributed by atoms with Crippen molar-refractivity contribution >= 4 is 10.9 Å². The van der Waals surface area contributed by atoms with Crippen molar-refractivity contribution in [3.8, 4) is 28.6 Å². The minimum Gasteiger partial charge on any atom is -0.493 e. The molecule has 0 aliphatic carbocycles. The molecule has 0 spiro atoms. The van der Waals surface area contributed by atoms with Crippen LogP contribution in [0.3, 0.4) is 0 Å². The summed E-state index contributed by atoms with van der Waals surface area (Å²) in [6.45, 7) is 0. The number of methoxy groups -OCH3 is 2. The minimum atomic E-state index is 0.642. The van der Waals surface area contributed by atoms with Gasteiger partial charge < -0.3 is 14.0 Å². The highest BCUT2D eigenvalue weighted by atomic mass is 16.5. The molecule has 0 saturated carbocycles. The smallest absolute Gasteiger partial charge is 0.161 e. The summed E-state index contributed by atoms with van der Waals surface area (Å²) in [5, 5.41) is 0.968. The van der Waals surface area contributed by atoms with Crippen LogP contribution in [-0.4, -0.2) is 33.7 Å². The normalized spacial score (nSPS) is 10.8. The Labute approximate surface area is 144 Å². The Morgan fingerprint density at radius 1 is 0.960 bits per heavy atom. The quantitative estimate of drug-likeness (QED) is 0.572. The molecule has 0 N–H and O–H groups in total. The van der Waals surface area contributed by atoms with Crippen molar-refractivity contribution in [2.75, 3.05) is 14.2 Å². The molecule has 0 saturated heterocycles. The molecule has 6 nitrogen and oxygen atoms in total. The second kappa shape index (κ2) is 6.24. The molecule has 25 heavy (non-hydrogen) atoms. The van der Waals surface area contributed by atoms with Gasteiger partial charge in [-0.3, -0.25) is 0 Å². The molecule has 0 radical (unpaired) electrons. The van der Waals surface area contributed by atoms with Gasteiger partial charge in [-0.05, 0) is 36.4 Å². The van der Waals surface area contributed by atoms with Crippen LogP contribution in [0, 0.1) is 0 Å². The average molecular weight is 332 g/mol. The second-order valence-corrected chi connectivity index (χ2v) is 5.48. The third-order valence-electron chi connectivity index (χ3n) is 4.01. The van der Waals surface area contributed by atoms with Gasteiger partial charge in [0.1, 0.15) is 0 Å². The highest BCUT2D eigenvalue weighted by molar-refractivity contribution is 5.81. The van der Waals surface area contributed by atoms with E-state index in [9.17, 15) is 0 Å². The molecule has 2 aromatic carbocycles. The lowest BCUT2D eigenvalue weighted by Crippen LogP contribution is -1.95. The molecule has 0 atom stereocenters. The monoisotopic (exact) mass is 332 g/mol. The van der Waals surface area contributed by atoms with E-state index in [0.717, 1.165) is 22.2 Å². The molecular weight excluding hydrogens is 316 g/mol. The maximum atomic E-state index is 5.35. The molecule has 0 aliphatic heterocycles. The van der Waals surface area contributed by atoms with Crippen molar-refractivity contribution in [1.82, 2.24) is 19.5 Å². The SMILES string of the molecule is COc1ccc(-c2ncc3cc(-n4ccnc4)ccc3n2)cc1OC. The van der Waals surface area contributed by atoms with Gasteiger partial charge in [-0.15, -0.1) is 0 Å². The van der Waals surface area contributed by atoms with Gasteiger partial charge in [-0.1, -0.05) is 0 Å². The van der Waals surface area contributed by atoms with Crippen LogP contribution < -0.4 is 9.47 Å². The molecular formula is C19H16N4O2. The fourth-order valence-corrected chi connectivity index (χ4v) is 2.71. The predicted octanol–water partition coefficient (Wildman–Crippen LogP) is 3.50. The van der Waals surface area contributed by atoms with Crippen LogP contribution in [0.4, 0.5) is 0 Å². The first kappa shape index (κ1) is 15.1. The van der Waals surface area contributed by atoms with Gasteiger partial charge in [-0.2, -0.15) is 0 Å². The Hall–Kier alpha value is -3.41. The summed E-state index contributed by atoms with van der Waals surface area (Å²) in [6, 6.07) is 11.7. The van der Waals surface area contributed by atoms with E-state index in [0.29, 0.717) is 17.3 Å². The number of benzene rings is 2. The maximum absolute atomic E-state index is 5.35. The summed E-state index contributed by atoms with van der Waals surface area (Å²) in [6.07, 6.45) is 7.25. The summed E-state index contributed by atoms with van der Waals surface area (Å²) in [7, 11) is 3.22. The lowest BCUT2D eigenvalue weighted by Gasteiger charge is -2.09. The van der Waals surface area contributed by atoms with Crippen LogP contribution in [-0.2, 0) is 0 Å². The maximum Gasteiger partial charge on any atom is 0.161 e. The Morgan fingerprint density at radius 2 is 1.84 bits per heavy atom. The third kappa shape index (κ3) is 2.78. The van der Waals surface area contributed by atoms with Crippen molar-refractivity contribution in [2.24, 2.45) is 0 Å². The van der Waals surface area contributed by atoms with Crippen molar-refractivity contribution in [2.45, 2.75) is 0 Å². The lowest BCUT2D eigenvalue weighted by atomic mass is 10.1. The first-order chi connectivity index (χ1) is 12.3. The van der Waals surface area contributed by atoms with Crippen LogP contribution in [0.15, 0.2) is 61.3 Å². The van der Waals surface area contributed by atoms with Crippen molar-refractivity contribution in [3.63, 3.8) is 0 Å². The molecule has 2 heterocycles. The summed E-state index contributed by atoms with van der Waals surface area (Å²) < 4.78 is 12.6. The largest absolute Gasteiger partial charge is 0.493 e. The lowest BCUT2D eigenvalue weighted by molar-refractivity contribution is 0.355. The predicted molar refractivity (Wildman–Crippen MR) is 95.2 cm³/mol. The number of imidazole rings is 1. The molecule has 2 aromatic heterocycles. The van der Waals surface area contributed by atoms with Crippen LogP contribution in [0.1, 0.15) is 0 Å². The summed E-state index contributed by atoms with van der Waals surface area (Å²) in [4.78, 5) is 13.2. The minimum absolute atomic E-state index is 0.642. The number of aromatic nitrogens is 4. The van der Waals surface area contributed by atoms with E-state index >= 15 is 0 Å². The van der Waals surface area contributed by atoms with Crippen LogP contribution in [0.25, 0.3) is 28.0 Å². The zero-order valence-corrected chi connectivity index (χ0v) is 13.9. The third-order valence-corrected chi connectivity index (χ3v) is 4.01. The molecule has 4 rings (SSSR count). The number of rotatable bonds is 4. The van der Waals surface area contributed by atoms with E-state index in [1.54, 1.807) is 26.7 Å². The first-order valence-electron chi connectivity index (χ1n) is 7.76. The van der Waals surface area contributed by atoms with Crippen LogP contribution in [0.5, 0.6) is 11.5 Å². The first-order valence-corrected chi connectivity index (χ1v) is 7.76. The number of fused-ring (bicyclic) bond motifs is 1. The fraction of sp³-hybridized carbons (Fsp3) is 0.105. The molecule has 0 aliphatic rings. The molecule has 0 unspecified atom stereocenters. The van der Waals surface area contributed by atoms with Crippen molar-refractivity contribution < 1.29 is 9.47 Å². The van der Waals surface area contributed by atoms with Gasteiger partial charge in [-0.25, -0.2) is 15.0 Å². The van der Waals surface area contributed by atoms with E-state index in [2.05, 4.69) is 15.0 Å². The van der Waals surface area contributed by atoms with Crippen LogP contribution >= 0.6 is 0 Å². The van der Waals surface area contributed by atoms with E-state index in [-0.39, 0.29) is 0 Å². The molecule has 4 aromatic rings. The van der Waals surface area contributed by atoms with Gasteiger partial charge >= 0.3 is 0 Å². The van der Waals surface area contributed by atoms with Gasteiger partial charge in [0, 0.05) is 35.2 Å². The molecule has 0 fully saturated rings. The zero-order valence-electron chi connectivity index (χ0n) is 13.9. The Bertz CT molecular complexity index is 1030. The summed E-state index contributed by atoms with van der Waals surface area (Å²) in [5.74, 6) is 1.97. The molecule has 124 valence electrons. The van der Waals surface area contributed by atoms with E-state index < -0.39 is 0 Å². The van der Waals surface area contributed by atoms with Gasteiger partial charge in [0.05, 0.1) is 26.1 Å². The van der Waals surface area contributed by atoms with Gasteiger partial charge in [0.15, 0.2) is 17.3 Å². The topological polar surface area (TPSA) is 62.1 Å². The van der Waals surface area contributed by atoms with E-state index in [4.69, 9.17) is 9.47 Å². The highest BCUT2D eigenvalue weighted by Gasteiger charge is 2.09. The average Bonchev–Trinajstić information content (AvgIpc) is 3.21. The molecule has 0 bridgehead atoms. The van der Waals surface area contributed by atoms with Crippen molar-refractivity contribution in [1.29, 1.82) is 0 Å². The number of hydrogen-bond acceptors (Lipinski definition) is 5. The van der Waals surface area contributed by atoms with Crippen molar-refractivity contribution in [3.05, 3.63) is 61.3 Å². The Balaban J connectivity index is 1.75. The molecule has 0 amide bonds. The summed E-state index contributed by atoms with van der Waals surface area (Å²) >= 11 is 0. The van der Waals surface area contributed by atoms with E-state index in [1.165, 1.54) is 0 Å². The molecule has 6 heteroatoms. The zero-order chi connectivity index (χ0) is 17.2. The second-order valence-electron chi connectivity index (χ2n) is 5.48. The van der Waals surface area contributed by atoms with Gasteiger partial charge in [0.2, 0.25) is 0 Å². The van der Waals surface area contributed by atoms with Crippen LogP contribution in [0.2, 0.25) is 0 Å². The summed E-state index contributed by atoms with van der Waals surface area (Å²) in [5.41, 5.74) is 2.77. The fourth-order valence-electron chi connectivity index (χ4n) is 2.71. The number of ether oxygens (including phenoxy) is 2. The van der Waals surface area contributed by atoms with Gasteiger partial charge in [0.25, 0.3) is 0 Å². The standard InChI is InChI=1S/C19H16N4O2/c1-24-17-6-3-13(10-18(17)25-2)19-21-11-14-9-15(4-5-16(14)22-19)23-8-7-20-12-23/h3-12H,1-2H3.